The lowest BCUT2D eigenvalue weighted by molar-refractivity contribution is -0.135. The van der Waals surface area contributed by atoms with Gasteiger partial charge in [-0.1, -0.05) is 29.8 Å². The van der Waals surface area contributed by atoms with Crippen LogP contribution in [-0.2, 0) is 16.0 Å². The van der Waals surface area contributed by atoms with Gasteiger partial charge >= 0.3 is 6.03 Å². The smallest absolute Gasteiger partial charge is 0.322 e. The molecular weight excluding hydrogens is 493 g/mol. The first-order chi connectivity index (χ1) is 18.0. The van der Waals surface area contributed by atoms with Crippen molar-refractivity contribution in [3.63, 3.8) is 0 Å². The number of para-hydroxylation sites is 1. The van der Waals surface area contributed by atoms with Gasteiger partial charge in [-0.2, -0.15) is 0 Å². The van der Waals surface area contributed by atoms with E-state index >= 15 is 0 Å². The first kappa shape index (κ1) is 26.6. The van der Waals surface area contributed by atoms with Crippen LogP contribution in [0.4, 0.5) is 14.9 Å². The predicted molar refractivity (Wildman–Crippen MR) is 143 cm³/mol. The minimum atomic E-state index is -0.446. The van der Waals surface area contributed by atoms with Crippen LogP contribution in [0.25, 0.3) is 0 Å². The number of benzene rings is 2. The molecule has 1 N–H and O–H groups in total. The number of halogens is 1. The third kappa shape index (κ3) is 6.87. The van der Waals surface area contributed by atoms with Crippen molar-refractivity contribution < 1.29 is 23.5 Å². The van der Waals surface area contributed by atoms with E-state index in [0.717, 1.165) is 17.5 Å². The van der Waals surface area contributed by atoms with E-state index in [0.29, 0.717) is 31.8 Å². The molecule has 1 aromatic heterocycles. The number of ether oxygens (including phenoxy) is 2. The molecule has 2 aromatic carbocycles. The van der Waals surface area contributed by atoms with Crippen molar-refractivity contribution in [3.05, 3.63) is 81.8 Å². The fourth-order valence-corrected chi connectivity index (χ4v) is 5.28. The number of nitrogens with one attached hydrogen (secondary N) is 1. The molecule has 0 fully saturated rings. The first-order valence-electron chi connectivity index (χ1n) is 12.3. The van der Waals surface area contributed by atoms with E-state index in [1.807, 2.05) is 42.6 Å². The van der Waals surface area contributed by atoms with E-state index in [1.165, 1.54) is 15.8 Å². The average molecular weight is 526 g/mol. The van der Waals surface area contributed by atoms with Crippen molar-refractivity contribution in [1.29, 1.82) is 0 Å². The Balaban J connectivity index is 1.49. The van der Waals surface area contributed by atoms with Crippen LogP contribution in [0.1, 0.15) is 28.5 Å². The van der Waals surface area contributed by atoms with Crippen LogP contribution in [0, 0.1) is 12.7 Å². The topological polar surface area (TPSA) is 71.1 Å². The van der Waals surface area contributed by atoms with Gasteiger partial charge in [-0.25, -0.2) is 9.18 Å². The molecule has 0 saturated heterocycles. The number of fused-ring (bicyclic) bond motifs is 1. The van der Waals surface area contributed by atoms with E-state index in [4.69, 9.17) is 9.47 Å². The quantitative estimate of drug-likeness (QED) is 0.366. The maximum atomic E-state index is 14.2. The highest BCUT2D eigenvalue weighted by molar-refractivity contribution is 7.10. The van der Waals surface area contributed by atoms with Crippen molar-refractivity contribution in [1.82, 2.24) is 9.80 Å². The molecule has 0 saturated carbocycles. The summed E-state index contributed by atoms with van der Waals surface area (Å²) in [6, 6.07) is 15.0. The summed E-state index contributed by atoms with van der Waals surface area (Å²) in [5.74, 6) is -0.481. The number of aryl methyl sites for hydroxylation is 1. The second kappa shape index (κ2) is 12.7. The summed E-state index contributed by atoms with van der Waals surface area (Å²) in [4.78, 5) is 31.2. The fraction of sp³-hybridized carbons (Fsp3) is 0.357. The van der Waals surface area contributed by atoms with Crippen molar-refractivity contribution in [2.24, 2.45) is 0 Å². The minimum absolute atomic E-state index is 0.0862. The number of nitrogens with zero attached hydrogens (tertiary/aromatic N) is 2. The SMILES string of the molecule is COCCCN(CC(=O)N1CCc2sccc2[C@H]1COc1ccccc1F)C(=O)Nc1ccc(C)cc1. The van der Waals surface area contributed by atoms with E-state index < -0.39 is 5.82 Å². The molecule has 1 atom stereocenters. The van der Waals surface area contributed by atoms with Gasteiger partial charge in [0.25, 0.3) is 0 Å². The van der Waals surface area contributed by atoms with Crippen LogP contribution in [-0.4, -0.2) is 61.7 Å². The summed E-state index contributed by atoms with van der Waals surface area (Å²) >= 11 is 1.65. The van der Waals surface area contributed by atoms with Crippen molar-refractivity contribution in [3.8, 4) is 5.75 Å². The lowest BCUT2D eigenvalue weighted by atomic mass is 10.0. The van der Waals surface area contributed by atoms with E-state index in [-0.39, 0.29) is 36.9 Å². The predicted octanol–water partition coefficient (Wildman–Crippen LogP) is 5.27. The zero-order valence-electron chi connectivity index (χ0n) is 21.1. The second-order valence-corrected chi connectivity index (χ2v) is 9.96. The summed E-state index contributed by atoms with van der Waals surface area (Å²) in [6.45, 7) is 3.36. The normalized spacial score (nSPS) is 14.7. The zero-order valence-corrected chi connectivity index (χ0v) is 21.9. The van der Waals surface area contributed by atoms with E-state index in [9.17, 15) is 14.0 Å². The van der Waals surface area contributed by atoms with Gasteiger partial charge in [0.05, 0.1) is 6.04 Å². The third-order valence-electron chi connectivity index (χ3n) is 6.34. The standard InChI is InChI=1S/C28H32FN3O4S/c1-20-8-10-21(11-9-20)30-28(34)31(14-5-16-35-2)18-27(33)32-15-12-26-22(13-17-37-26)24(32)19-36-25-7-4-3-6-23(25)29/h3-4,6-11,13,17,24H,5,12,14-16,18-19H2,1-2H3,(H,30,34)/t24-/m1/s1. The summed E-state index contributed by atoms with van der Waals surface area (Å²) in [6.07, 6.45) is 1.33. The Morgan fingerprint density at radius 2 is 1.95 bits per heavy atom. The first-order valence-corrected chi connectivity index (χ1v) is 13.2. The van der Waals surface area contributed by atoms with Crippen molar-refractivity contribution in [2.75, 3.05) is 45.3 Å². The van der Waals surface area contributed by atoms with Gasteiger partial charge < -0.3 is 24.6 Å². The van der Waals surface area contributed by atoms with E-state index in [2.05, 4.69) is 5.32 Å². The van der Waals surface area contributed by atoms with Crippen LogP contribution in [0.15, 0.2) is 60.0 Å². The Morgan fingerprint density at radius 1 is 1.16 bits per heavy atom. The highest BCUT2D eigenvalue weighted by Gasteiger charge is 2.33. The molecule has 9 heteroatoms. The molecule has 37 heavy (non-hydrogen) atoms. The molecule has 4 rings (SSSR count). The highest BCUT2D eigenvalue weighted by Crippen LogP contribution is 2.34. The molecule has 3 amide bonds. The lowest BCUT2D eigenvalue weighted by Gasteiger charge is -2.37. The van der Waals surface area contributed by atoms with Crippen LogP contribution in [0.3, 0.4) is 0 Å². The zero-order chi connectivity index (χ0) is 26.2. The van der Waals surface area contributed by atoms with Crippen LogP contribution >= 0.6 is 11.3 Å². The Hall–Kier alpha value is -3.43. The number of urea groups is 1. The molecule has 7 nitrogen and oxygen atoms in total. The second-order valence-electron chi connectivity index (χ2n) is 8.96. The van der Waals surface area contributed by atoms with Gasteiger partial charge in [0, 0.05) is 37.4 Å². The number of carbonyl (C=O) groups is 2. The van der Waals surface area contributed by atoms with Gasteiger partial charge in [-0.15, -0.1) is 11.3 Å². The molecule has 0 unspecified atom stereocenters. The molecule has 3 aromatic rings. The minimum Gasteiger partial charge on any atom is -0.488 e. The van der Waals surface area contributed by atoms with Gasteiger partial charge in [-0.05, 0) is 61.0 Å². The summed E-state index contributed by atoms with van der Waals surface area (Å²) in [5.41, 5.74) is 2.76. The van der Waals surface area contributed by atoms with Gasteiger partial charge in [0.15, 0.2) is 11.6 Å². The molecule has 0 radical (unpaired) electrons. The van der Waals surface area contributed by atoms with Gasteiger partial charge in [0.2, 0.25) is 5.91 Å². The lowest BCUT2D eigenvalue weighted by Crippen LogP contribution is -2.49. The molecule has 2 heterocycles. The maximum absolute atomic E-state index is 14.2. The largest absolute Gasteiger partial charge is 0.488 e. The number of thiophene rings is 1. The van der Waals surface area contributed by atoms with Crippen LogP contribution in [0.5, 0.6) is 5.75 Å². The monoisotopic (exact) mass is 525 g/mol. The molecule has 196 valence electrons. The number of anilines is 1. The number of rotatable bonds is 10. The fourth-order valence-electron chi connectivity index (χ4n) is 4.35. The number of carbonyl (C=O) groups excluding carboxylic acids is 2. The number of hydrogen-bond acceptors (Lipinski definition) is 5. The summed E-state index contributed by atoms with van der Waals surface area (Å²) < 4.78 is 25.2. The highest BCUT2D eigenvalue weighted by atomic mass is 32.1. The molecule has 0 bridgehead atoms. The molecule has 0 aliphatic carbocycles. The number of amides is 3. The van der Waals surface area contributed by atoms with Crippen LogP contribution in [0.2, 0.25) is 0 Å². The van der Waals surface area contributed by atoms with Crippen molar-refractivity contribution >= 4 is 29.0 Å². The Kier molecular flexibility index (Phi) is 9.14. The third-order valence-corrected chi connectivity index (χ3v) is 7.34. The van der Waals surface area contributed by atoms with Crippen molar-refractivity contribution in [2.45, 2.75) is 25.8 Å². The summed E-state index contributed by atoms with van der Waals surface area (Å²) in [5, 5.41) is 4.89. The molecular formula is C28H32FN3O4S. The Bertz CT molecular complexity index is 1200. The maximum Gasteiger partial charge on any atom is 0.322 e. The van der Waals surface area contributed by atoms with E-state index in [1.54, 1.807) is 41.5 Å². The Morgan fingerprint density at radius 3 is 2.70 bits per heavy atom. The van der Waals surface area contributed by atoms with Crippen LogP contribution < -0.4 is 10.1 Å². The molecule has 0 spiro atoms. The summed E-state index contributed by atoms with van der Waals surface area (Å²) in [7, 11) is 1.61. The number of methoxy groups -OCH3 is 1. The molecule has 1 aliphatic rings. The Labute approximate surface area is 220 Å². The average Bonchev–Trinajstić information content (AvgIpc) is 3.38. The molecule has 1 aliphatic heterocycles. The number of hydrogen-bond donors (Lipinski definition) is 1. The van der Waals surface area contributed by atoms with Gasteiger partial charge in [-0.3, -0.25) is 4.79 Å². The van der Waals surface area contributed by atoms with Gasteiger partial charge in [0.1, 0.15) is 13.2 Å².